The van der Waals surface area contributed by atoms with E-state index in [0.29, 0.717) is 0 Å². The smallest absolute Gasteiger partial charge is 0.0199 e. The van der Waals surface area contributed by atoms with Crippen molar-refractivity contribution >= 4 is 50.5 Å². The molecule has 0 nitrogen and oxygen atoms in total. The molecule has 0 aliphatic rings. The maximum absolute atomic E-state index is 4.93. The molecule has 0 bridgehead atoms. The highest BCUT2D eigenvalue weighted by atomic mass is 32.1. The highest BCUT2D eigenvalue weighted by Gasteiger charge is 2.34. The third-order valence-corrected chi connectivity index (χ3v) is 7.00. The SMILES string of the molecule is CCCCc1cc(S)cc(S)c1C(C)(CC)c1c(S)cc(S)cc1CCCC. The molecule has 0 aliphatic carbocycles. The fraction of sp³-hybridized carbons (Fsp3) is 0.500. The number of hydrogen-bond acceptors (Lipinski definition) is 4. The van der Waals surface area contributed by atoms with E-state index in [1.54, 1.807) is 0 Å². The van der Waals surface area contributed by atoms with Crippen molar-refractivity contribution in [1.82, 2.24) is 0 Å². The lowest BCUT2D eigenvalue weighted by atomic mass is 9.70. The van der Waals surface area contributed by atoms with Gasteiger partial charge in [0.1, 0.15) is 0 Å². The Kier molecular flexibility index (Phi) is 9.25. The molecule has 0 spiro atoms. The Morgan fingerprint density at radius 2 is 1.07 bits per heavy atom. The van der Waals surface area contributed by atoms with Crippen molar-refractivity contribution < 1.29 is 0 Å². The molecule has 0 heterocycles. The van der Waals surface area contributed by atoms with Crippen molar-refractivity contribution in [3.63, 3.8) is 0 Å². The zero-order valence-corrected chi connectivity index (χ0v) is 21.1. The Balaban J connectivity index is 2.76. The number of aryl methyl sites for hydroxylation is 2. The van der Waals surface area contributed by atoms with E-state index in [2.05, 4.69) is 77.2 Å². The van der Waals surface area contributed by atoms with Gasteiger partial charge in [-0.15, -0.1) is 50.5 Å². The van der Waals surface area contributed by atoms with Gasteiger partial charge in [-0.1, -0.05) is 40.5 Å². The maximum Gasteiger partial charge on any atom is 0.0199 e. The molecule has 0 atom stereocenters. The number of rotatable bonds is 9. The monoisotopic (exact) mass is 450 g/mol. The van der Waals surface area contributed by atoms with Crippen LogP contribution < -0.4 is 0 Å². The van der Waals surface area contributed by atoms with Crippen LogP contribution in [0.3, 0.4) is 0 Å². The van der Waals surface area contributed by atoms with E-state index in [-0.39, 0.29) is 5.41 Å². The summed E-state index contributed by atoms with van der Waals surface area (Å²) in [6.07, 6.45) is 7.79. The Bertz CT molecular complexity index is 747. The van der Waals surface area contributed by atoms with Crippen LogP contribution >= 0.6 is 50.5 Å². The molecule has 154 valence electrons. The molecule has 0 N–H and O–H groups in total. The van der Waals surface area contributed by atoms with Gasteiger partial charge in [0.2, 0.25) is 0 Å². The first kappa shape index (κ1) is 24.1. The summed E-state index contributed by atoms with van der Waals surface area (Å²) in [7, 11) is 0. The van der Waals surface area contributed by atoms with E-state index >= 15 is 0 Å². The van der Waals surface area contributed by atoms with Crippen LogP contribution in [0.15, 0.2) is 43.8 Å². The fourth-order valence-corrected chi connectivity index (χ4v) is 6.05. The van der Waals surface area contributed by atoms with Crippen LogP contribution in [0.5, 0.6) is 0 Å². The lowest BCUT2D eigenvalue weighted by Gasteiger charge is -2.36. The standard InChI is InChI=1S/C24H34S4/c1-5-8-10-16-12-18(25)14-20(27)22(16)24(4,7-3)23-17(11-9-6-2)13-19(26)15-21(23)28/h12-15,25-28H,5-11H2,1-4H3. The van der Waals surface area contributed by atoms with Crippen molar-refractivity contribution in [1.29, 1.82) is 0 Å². The summed E-state index contributed by atoms with van der Waals surface area (Å²) in [5, 5.41) is 0. The summed E-state index contributed by atoms with van der Waals surface area (Å²) in [5.74, 6) is 0. The molecule has 0 radical (unpaired) electrons. The molecule has 0 aromatic heterocycles. The quantitative estimate of drug-likeness (QED) is 0.272. The molecule has 0 saturated carbocycles. The van der Waals surface area contributed by atoms with Gasteiger partial charge in [0.25, 0.3) is 0 Å². The van der Waals surface area contributed by atoms with E-state index in [9.17, 15) is 0 Å². The minimum atomic E-state index is -0.150. The highest BCUT2D eigenvalue weighted by molar-refractivity contribution is 7.81. The van der Waals surface area contributed by atoms with Gasteiger partial charge in [-0.3, -0.25) is 0 Å². The Hall–Kier alpha value is -0.160. The molecule has 28 heavy (non-hydrogen) atoms. The number of unbranched alkanes of at least 4 members (excludes halogenated alkanes) is 2. The van der Waals surface area contributed by atoms with Gasteiger partial charge >= 0.3 is 0 Å². The van der Waals surface area contributed by atoms with E-state index < -0.39 is 0 Å². The normalized spacial score (nSPS) is 11.9. The Morgan fingerprint density at radius 3 is 1.39 bits per heavy atom. The molecule has 4 heteroatoms. The zero-order valence-electron chi connectivity index (χ0n) is 17.5. The first-order chi connectivity index (χ1) is 13.3. The molecule has 2 rings (SSSR count). The van der Waals surface area contributed by atoms with Gasteiger partial charge in [0.15, 0.2) is 0 Å². The number of benzene rings is 2. The van der Waals surface area contributed by atoms with Crippen LogP contribution in [0.1, 0.15) is 82.1 Å². The Labute approximate surface area is 193 Å². The summed E-state index contributed by atoms with van der Waals surface area (Å²) in [6, 6.07) is 8.64. The fourth-order valence-electron chi connectivity index (χ4n) is 4.22. The summed E-state index contributed by atoms with van der Waals surface area (Å²) < 4.78 is 0. The molecule has 2 aromatic carbocycles. The first-order valence-electron chi connectivity index (χ1n) is 10.4. The van der Waals surface area contributed by atoms with Gasteiger partial charge in [0.05, 0.1) is 0 Å². The lowest BCUT2D eigenvalue weighted by Crippen LogP contribution is -2.28. The maximum atomic E-state index is 4.93. The lowest BCUT2D eigenvalue weighted by molar-refractivity contribution is 0.514. The van der Waals surface area contributed by atoms with Crippen LogP contribution in [0.4, 0.5) is 0 Å². The topological polar surface area (TPSA) is 0 Å². The molecule has 0 aliphatic heterocycles. The van der Waals surface area contributed by atoms with Gasteiger partial charge in [0, 0.05) is 25.0 Å². The third-order valence-electron chi connectivity index (χ3n) is 5.78. The highest BCUT2D eigenvalue weighted by Crippen LogP contribution is 2.46. The summed E-state index contributed by atoms with van der Waals surface area (Å²) in [4.78, 5) is 4.04. The van der Waals surface area contributed by atoms with Gasteiger partial charge in [-0.05, 0) is 78.6 Å². The molecule has 0 saturated heterocycles. The second kappa shape index (κ2) is 10.7. The minimum Gasteiger partial charge on any atom is -0.143 e. The van der Waals surface area contributed by atoms with Crippen molar-refractivity contribution in [3.8, 4) is 0 Å². The van der Waals surface area contributed by atoms with Crippen LogP contribution in [0.25, 0.3) is 0 Å². The van der Waals surface area contributed by atoms with E-state index in [4.69, 9.17) is 25.3 Å². The van der Waals surface area contributed by atoms with Crippen LogP contribution in [-0.4, -0.2) is 0 Å². The van der Waals surface area contributed by atoms with Gasteiger partial charge in [-0.2, -0.15) is 0 Å². The summed E-state index contributed by atoms with van der Waals surface area (Å²) >= 11 is 19.1. The van der Waals surface area contributed by atoms with Crippen LogP contribution in [0.2, 0.25) is 0 Å². The van der Waals surface area contributed by atoms with E-state index in [1.165, 1.54) is 47.9 Å². The molecular weight excluding hydrogens is 417 g/mol. The van der Waals surface area contributed by atoms with Gasteiger partial charge < -0.3 is 0 Å². The summed E-state index contributed by atoms with van der Waals surface area (Å²) in [6.45, 7) is 9.12. The molecular formula is C24H34S4. The molecule has 0 amide bonds. The van der Waals surface area contributed by atoms with E-state index in [0.717, 1.165) is 38.8 Å². The largest absolute Gasteiger partial charge is 0.143 e. The molecule has 0 unspecified atom stereocenters. The van der Waals surface area contributed by atoms with Crippen LogP contribution in [0, 0.1) is 0 Å². The number of thiol groups is 4. The van der Waals surface area contributed by atoms with Crippen molar-refractivity contribution in [2.24, 2.45) is 0 Å². The predicted octanol–water partition coefficient (Wildman–Crippen LogP) is 8.24. The van der Waals surface area contributed by atoms with Crippen molar-refractivity contribution in [2.75, 3.05) is 0 Å². The average molecular weight is 451 g/mol. The predicted molar refractivity (Wildman–Crippen MR) is 136 cm³/mol. The summed E-state index contributed by atoms with van der Waals surface area (Å²) in [5.41, 5.74) is 5.26. The van der Waals surface area contributed by atoms with Crippen molar-refractivity contribution in [3.05, 3.63) is 46.5 Å². The van der Waals surface area contributed by atoms with Crippen molar-refractivity contribution in [2.45, 2.75) is 97.6 Å². The second-order valence-corrected chi connectivity index (χ2v) is 9.89. The first-order valence-corrected chi connectivity index (χ1v) is 12.2. The van der Waals surface area contributed by atoms with E-state index in [1.807, 2.05) is 0 Å². The zero-order chi connectivity index (χ0) is 20.9. The Morgan fingerprint density at radius 1 is 0.679 bits per heavy atom. The second-order valence-electron chi connectivity index (χ2n) is 7.89. The third kappa shape index (κ3) is 5.30. The van der Waals surface area contributed by atoms with Gasteiger partial charge in [-0.25, -0.2) is 0 Å². The number of hydrogen-bond donors (Lipinski definition) is 4. The molecule has 0 fully saturated rings. The van der Waals surface area contributed by atoms with Crippen LogP contribution in [-0.2, 0) is 18.3 Å². The average Bonchev–Trinajstić information content (AvgIpc) is 2.63. The minimum absolute atomic E-state index is 0.150. The molecule has 2 aromatic rings.